The van der Waals surface area contributed by atoms with Gasteiger partial charge in [0.1, 0.15) is 6.79 Å². The lowest BCUT2D eigenvalue weighted by atomic mass is 10.2. The molecule has 0 aliphatic carbocycles. The lowest BCUT2D eigenvalue weighted by Gasteiger charge is -2.06. The van der Waals surface area contributed by atoms with Crippen molar-refractivity contribution in [3.05, 3.63) is 5.92 Å². The lowest BCUT2D eigenvalue weighted by molar-refractivity contribution is -0.0620. The van der Waals surface area contributed by atoms with Crippen LogP contribution in [0.3, 0.4) is 0 Å². The summed E-state index contributed by atoms with van der Waals surface area (Å²) in [5.74, 6) is 1.25. The van der Waals surface area contributed by atoms with Crippen LogP contribution in [0.15, 0.2) is 0 Å². The van der Waals surface area contributed by atoms with Gasteiger partial charge in [0.05, 0.1) is 19.8 Å². The van der Waals surface area contributed by atoms with Gasteiger partial charge in [0.15, 0.2) is 0 Å². The normalized spacial score (nSPS) is 10.9. The van der Waals surface area contributed by atoms with Gasteiger partial charge in [0.25, 0.3) is 0 Å². The van der Waals surface area contributed by atoms with Gasteiger partial charge in [-0.2, -0.15) is 0 Å². The highest BCUT2D eigenvalue weighted by Crippen LogP contribution is 1.94. The first kappa shape index (κ1) is 10.9. The Morgan fingerprint density at radius 2 is 1.82 bits per heavy atom. The van der Waals surface area contributed by atoms with Gasteiger partial charge in [-0.1, -0.05) is 13.8 Å². The highest BCUT2D eigenvalue weighted by molar-refractivity contribution is 4.74. The quantitative estimate of drug-likeness (QED) is 0.415. The van der Waals surface area contributed by atoms with E-state index in [0.717, 1.165) is 0 Å². The van der Waals surface area contributed by atoms with Crippen molar-refractivity contribution in [2.75, 3.05) is 33.7 Å². The van der Waals surface area contributed by atoms with Crippen molar-refractivity contribution in [1.29, 1.82) is 0 Å². The van der Waals surface area contributed by atoms with E-state index in [1.54, 1.807) is 7.11 Å². The second kappa shape index (κ2) is 7.98. The molecule has 0 unspecified atom stereocenters. The third kappa shape index (κ3) is 9.88. The van der Waals surface area contributed by atoms with E-state index in [2.05, 4.69) is 0 Å². The Balaban J connectivity index is 2.80. The van der Waals surface area contributed by atoms with Crippen molar-refractivity contribution in [3.8, 4) is 0 Å². The smallest absolute Gasteiger partial charge is 0.146 e. The summed E-state index contributed by atoms with van der Waals surface area (Å²) in [7, 11) is 1.65. The van der Waals surface area contributed by atoms with Crippen LogP contribution in [0, 0.1) is 5.92 Å². The van der Waals surface area contributed by atoms with Gasteiger partial charge < -0.3 is 14.2 Å². The van der Waals surface area contributed by atoms with Gasteiger partial charge in [0, 0.05) is 7.11 Å². The Morgan fingerprint density at radius 1 is 1.09 bits per heavy atom. The summed E-state index contributed by atoms with van der Waals surface area (Å²) >= 11 is 0. The molecule has 0 saturated carbocycles. The maximum Gasteiger partial charge on any atom is 0.146 e. The highest BCUT2D eigenvalue weighted by Gasteiger charge is 1.93. The van der Waals surface area contributed by atoms with E-state index < -0.39 is 0 Å². The molecule has 0 aromatic heterocycles. The minimum absolute atomic E-state index is 0.356. The van der Waals surface area contributed by atoms with Crippen LogP contribution in [0.5, 0.6) is 0 Å². The van der Waals surface area contributed by atoms with E-state index in [1.807, 2.05) is 13.8 Å². The molecule has 0 aliphatic rings. The predicted octanol–water partition coefficient (Wildman–Crippen LogP) is 1.24. The Morgan fingerprint density at radius 3 is 2.36 bits per heavy atom. The molecule has 0 amide bonds. The minimum Gasteiger partial charge on any atom is -0.382 e. The number of methoxy groups -OCH3 is 1. The van der Waals surface area contributed by atoms with Gasteiger partial charge in [0.2, 0.25) is 0 Å². The zero-order valence-corrected chi connectivity index (χ0v) is 7.55. The molecule has 67 valence electrons. The van der Waals surface area contributed by atoms with Crippen LogP contribution in [0.4, 0.5) is 0 Å². The Labute approximate surface area is 68.6 Å². The summed E-state index contributed by atoms with van der Waals surface area (Å²) < 4.78 is 15.0. The first-order chi connectivity index (χ1) is 5.27. The third-order valence-electron chi connectivity index (χ3n) is 0.989. The van der Waals surface area contributed by atoms with Crippen LogP contribution in [0.1, 0.15) is 13.8 Å². The standard InChI is InChI=1S/C8H17O3/c1-8(2)6-11-7-10-5-4-9-3/h4-7H2,1-3H3. The van der Waals surface area contributed by atoms with E-state index in [1.165, 1.54) is 5.92 Å². The molecular formula is C8H17O3. The summed E-state index contributed by atoms with van der Waals surface area (Å²) in [5, 5.41) is 0. The van der Waals surface area contributed by atoms with Crippen LogP contribution in [0.25, 0.3) is 0 Å². The van der Waals surface area contributed by atoms with Gasteiger partial charge in [-0.15, -0.1) is 0 Å². The molecule has 0 atom stereocenters. The third-order valence-corrected chi connectivity index (χ3v) is 0.989. The molecule has 0 aromatic rings. The van der Waals surface area contributed by atoms with E-state index in [4.69, 9.17) is 14.2 Å². The molecule has 0 bridgehead atoms. The Kier molecular flexibility index (Phi) is 7.89. The summed E-state index contributed by atoms with van der Waals surface area (Å²) in [5.41, 5.74) is 0. The zero-order chi connectivity index (χ0) is 8.53. The molecule has 0 spiro atoms. The fraction of sp³-hybridized carbons (Fsp3) is 0.875. The average Bonchev–Trinajstić information content (AvgIpc) is 1.96. The van der Waals surface area contributed by atoms with E-state index in [0.29, 0.717) is 26.6 Å². The average molecular weight is 161 g/mol. The molecule has 3 nitrogen and oxygen atoms in total. The molecule has 0 aliphatic heterocycles. The molecule has 11 heavy (non-hydrogen) atoms. The van der Waals surface area contributed by atoms with Crippen molar-refractivity contribution in [2.24, 2.45) is 0 Å². The van der Waals surface area contributed by atoms with Gasteiger partial charge in [-0.3, -0.25) is 0 Å². The number of hydrogen-bond donors (Lipinski definition) is 0. The molecule has 0 aromatic carbocycles. The molecule has 3 heteroatoms. The molecule has 0 N–H and O–H groups in total. The highest BCUT2D eigenvalue weighted by atomic mass is 16.7. The summed E-state index contributed by atoms with van der Waals surface area (Å²) in [6.45, 7) is 6.29. The maximum absolute atomic E-state index is 5.13. The topological polar surface area (TPSA) is 27.7 Å². The first-order valence-electron chi connectivity index (χ1n) is 3.71. The second-order valence-corrected chi connectivity index (χ2v) is 2.57. The molecule has 0 saturated heterocycles. The molecule has 0 rings (SSSR count). The molecule has 0 heterocycles. The summed E-state index contributed by atoms with van der Waals surface area (Å²) in [4.78, 5) is 0. The molecule has 0 fully saturated rings. The van der Waals surface area contributed by atoms with Gasteiger partial charge in [-0.25, -0.2) is 0 Å². The van der Waals surface area contributed by atoms with E-state index in [9.17, 15) is 0 Å². The van der Waals surface area contributed by atoms with Crippen molar-refractivity contribution >= 4 is 0 Å². The summed E-state index contributed by atoms with van der Waals surface area (Å²) in [6, 6.07) is 0. The van der Waals surface area contributed by atoms with Crippen LogP contribution in [-0.4, -0.2) is 33.7 Å². The molecular weight excluding hydrogens is 144 g/mol. The number of rotatable bonds is 7. The fourth-order valence-electron chi connectivity index (χ4n) is 0.506. The van der Waals surface area contributed by atoms with Crippen LogP contribution < -0.4 is 0 Å². The van der Waals surface area contributed by atoms with Gasteiger partial charge in [-0.05, 0) is 5.92 Å². The van der Waals surface area contributed by atoms with Crippen LogP contribution >= 0.6 is 0 Å². The Hall–Kier alpha value is -0.120. The van der Waals surface area contributed by atoms with Crippen molar-refractivity contribution in [1.82, 2.24) is 0 Å². The van der Waals surface area contributed by atoms with Crippen LogP contribution in [-0.2, 0) is 14.2 Å². The zero-order valence-electron chi connectivity index (χ0n) is 7.55. The monoisotopic (exact) mass is 161 g/mol. The van der Waals surface area contributed by atoms with Crippen molar-refractivity contribution in [2.45, 2.75) is 13.8 Å². The predicted molar refractivity (Wildman–Crippen MR) is 43.2 cm³/mol. The molecule has 1 radical (unpaired) electrons. The number of ether oxygens (including phenoxy) is 3. The van der Waals surface area contributed by atoms with E-state index >= 15 is 0 Å². The number of hydrogen-bond acceptors (Lipinski definition) is 3. The maximum atomic E-state index is 5.13. The van der Waals surface area contributed by atoms with Gasteiger partial charge >= 0.3 is 0 Å². The largest absolute Gasteiger partial charge is 0.382 e. The Bertz CT molecular complexity index is 73.7. The van der Waals surface area contributed by atoms with Crippen molar-refractivity contribution < 1.29 is 14.2 Å². The minimum atomic E-state index is 0.356. The summed E-state index contributed by atoms with van der Waals surface area (Å²) in [6.07, 6.45) is 0. The van der Waals surface area contributed by atoms with E-state index in [-0.39, 0.29) is 0 Å². The van der Waals surface area contributed by atoms with Crippen molar-refractivity contribution in [3.63, 3.8) is 0 Å². The second-order valence-electron chi connectivity index (χ2n) is 2.57. The first-order valence-corrected chi connectivity index (χ1v) is 3.71. The SMILES string of the molecule is COCCOCOC[C](C)C. The lowest BCUT2D eigenvalue weighted by Crippen LogP contribution is -2.08. The fourth-order valence-corrected chi connectivity index (χ4v) is 0.506. The van der Waals surface area contributed by atoms with Crippen LogP contribution in [0.2, 0.25) is 0 Å².